The van der Waals surface area contributed by atoms with Gasteiger partial charge in [-0.2, -0.15) is 0 Å². The zero-order chi connectivity index (χ0) is 12.1. The van der Waals surface area contributed by atoms with E-state index in [4.69, 9.17) is 11.6 Å². The van der Waals surface area contributed by atoms with Crippen molar-refractivity contribution in [2.45, 2.75) is 24.1 Å². The minimum Gasteiger partial charge on any atom is -0.381 e. The SMILES string of the molecule is CC(Sc1nccnc1N)C(C)C(=O)NN. The number of carbonyl (C=O) groups is 1. The fourth-order valence-electron chi connectivity index (χ4n) is 1.05. The number of hydrazine groups is 1. The molecule has 0 saturated carbocycles. The number of hydrogen-bond donors (Lipinski definition) is 3. The van der Waals surface area contributed by atoms with Gasteiger partial charge in [-0.05, 0) is 0 Å². The van der Waals surface area contributed by atoms with Gasteiger partial charge in [-0.1, -0.05) is 25.6 Å². The van der Waals surface area contributed by atoms with E-state index in [2.05, 4.69) is 15.4 Å². The van der Waals surface area contributed by atoms with Gasteiger partial charge in [0, 0.05) is 23.6 Å². The summed E-state index contributed by atoms with van der Waals surface area (Å²) in [5, 5.41) is 0.647. The summed E-state index contributed by atoms with van der Waals surface area (Å²) in [5.74, 6) is 5.02. The molecule has 0 aliphatic carbocycles. The van der Waals surface area contributed by atoms with E-state index in [1.54, 1.807) is 13.1 Å². The van der Waals surface area contributed by atoms with Crippen LogP contribution in [0, 0.1) is 5.92 Å². The average Bonchev–Trinajstić information content (AvgIpc) is 2.30. The molecule has 1 rings (SSSR count). The quantitative estimate of drug-likeness (QED) is 0.300. The molecule has 16 heavy (non-hydrogen) atoms. The molecule has 0 radical (unpaired) electrons. The molecule has 0 aromatic carbocycles. The van der Waals surface area contributed by atoms with Gasteiger partial charge in [-0.15, -0.1) is 0 Å². The molecule has 7 heteroatoms. The Hall–Kier alpha value is -1.34. The smallest absolute Gasteiger partial charge is 0.237 e. The van der Waals surface area contributed by atoms with E-state index in [1.165, 1.54) is 18.0 Å². The zero-order valence-electron chi connectivity index (χ0n) is 9.18. The van der Waals surface area contributed by atoms with E-state index in [0.29, 0.717) is 10.8 Å². The van der Waals surface area contributed by atoms with Crippen LogP contribution in [0.3, 0.4) is 0 Å². The summed E-state index contributed by atoms with van der Waals surface area (Å²) in [6.45, 7) is 3.71. The van der Waals surface area contributed by atoms with Gasteiger partial charge in [0.15, 0.2) is 5.82 Å². The first-order chi connectivity index (χ1) is 7.56. The minimum absolute atomic E-state index is 0.0162. The van der Waals surface area contributed by atoms with E-state index in [1.807, 2.05) is 6.92 Å². The first-order valence-electron chi connectivity index (χ1n) is 4.79. The van der Waals surface area contributed by atoms with Crippen LogP contribution < -0.4 is 17.0 Å². The summed E-state index contributed by atoms with van der Waals surface area (Å²) in [4.78, 5) is 19.3. The van der Waals surface area contributed by atoms with Crippen molar-refractivity contribution in [3.63, 3.8) is 0 Å². The predicted octanol–water partition coefficient (Wildman–Crippen LogP) is 0.165. The highest BCUT2D eigenvalue weighted by molar-refractivity contribution is 8.00. The van der Waals surface area contributed by atoms with Crippen LogP contribution in [0.15, 0.2) is 17.4 Å². The Labute approximate surface area is 98.2 Å². The maximum Gasteiger partial charge on any atom is 0.237 e. The van der Waals surface area contributed by atoms with Crippen molar-refractivity contribution in [1.29, 1.82) is 0 Å². The summed E-state index contributed by atoms with van der Waals surface area (Å²) in [7, 11) is 0. The molecule has 5 N–H and O–H groups in total. The lowest BCUT2D eigenvalue weighted by molar-refractivity contribution is -0.124. The molecular formula is C9H15N5OS. The van der Waals surface area contributed by atoms with Crippen molar-refractivity contribution >= 4 is 23.5 Å². The molecule has 0 saturated heterocycles. The van der Waals surface area contributed by atoms with Crippen molar-refractivity contribution < 1.29 is 4.79 Å². The van der Waals surface area contributed by atoms with Crippen molar-refractivity contribution in [2.24, 2.45) is 11.8 Å². The van der Waals surface area contributed by atoms with Crippen LogP contribution in [0.4, 0.5) is 5.82 Å². The molecule has 88 valence electrons. The standard InChI is InChI=1S/C9H15N5OS/c1-5(8(15)14-11)6(2)16-9-7(10)12-3-4-13-9/h3-6H,11H2,1-2H3,(H2,10,12)(H,14,15). The molecule has 0 bridgehead atoms. The fourth-order valence-corrected chi connectivity index (χ4v) is 2.02. The highest BCUT2D eigenvalue weighted by atomic mass is 32.2. The van der Waals surface area contributed by atoms with E-state index < -0.39 is 0 Å². The molecular weight excluding hydrogens is 226 g/mol. The van der Waals surface area contributed by atoms with E-state index in [-0.39, 0.29) is 17.1 Å². The lowest BCUT2D eigenvalue weighted by Crippen LogP contribution is -2.38. The number of nitrogens with one attached hydrogen (secondary N) is 1. The van der Waals surface area contributed by atoms with E-state index in [9.17, 15) is 4.79 Å². The Morgan fingerprint density at radius 2 is 2.06 bits per heavy atom. The first kappa shape index (κ1) is 12.7. The first-order valence-corrected chi connectivity index (χ1v) is 5.67. The van der Waals surface area contributed by atoms with Crippen LogP contribution in [0.5, 0.6) is 0 Å². The van der Waals surface area contributed by atoms with Crippen LogP contribution in [0.25, 0.3) is 0 Å². The third-order valence-electron chi connectivity index (χ3n) is 2.25. The van der Waals surface area contributed by atoms with Gasteiger partial charge in [0.1, 0.15) is 5.03 Å². The van der Waals surface area contributed by atoms with Crippen LogP contribution in [0.2, 0.25) is 0 Å². The fraction of sp³-hybridized carbons (Fsp3) is 0.444. The zero-order valence-corrected chi connectivity index (χ0v) is 9.99. The number of nitrogens with zero attached hydrogens (tertiary/aromatic N) is 2. The molecule has 2 unspecified atom stereocenters. The van der Waals surface area contributed by atoms with Gasteiger partial charge >= 0.3 is 0 Å². The second-order valence-electron chi connectivity index (χ2n) is 3.37. The number of nitrogen functional groups attached to an aromatic ring is 1. The Kier molecular flexibility index (Phi) is 4.51. The van der Waals surface area contributed by atoms with Crippen LogP contribution in [-0.4, -0.2) is 21.1 Å². The Morgan fingerprint density at radius 1 is 1.44 bits per heavy atom. The van der Waals surface area contributed by atoms with Crippen molar-refractivity contribution in [1.82, 2.24) is 15.4 Å². The lowest BCUT2D eigenvalue weighted by atomic mass is 10.1. The maximum absolute atomic E-state index is 11.3. The van der Waals surface area contributed by atoms with Crippen LogP contribution >= 0.6 is 11.8 Å². The molecule has 1 amide bonds. The van der Waals surface area contributed by atoms with E-state index in [0.717, 1.165) is 0 Å². The Bertz CT molecular complexity index is 373. The predicted molar refractivity (Wildman–Crippen MR) is 63.3 cm³/mol. The summed E-state index contributed by atoms with van der Waals surface area (Å²) < 4.78 is 0. The molecule has 1 heterocycles. The van der Waals surface area contributed by atoms with Crippen LogP contribution in [-0.2, 0) is 4.79 Å². The minimum atomic E-state index is -0.226. The second kappa shape index (κ2) is 5.66. The summed E-state index contributed by atoms with van der Waals surface area (Å²) in [5.41, 5.74) is 7.78. The van der Waals surface area contributed by atoms with Gasteiger partial charge in [-0.3, -0.25) is 10.2 Å². The average molecular weight is 241 g/mol. The normalized spacial score (nSPS) is 14.2. The summed E-state index contributed by atoms with van der Waals surface area (Å²) in [6.07, 6.45) is 3.10. The Balaban J connectivity index is 2.68. The molecule has 1 aromatic heterocycles. The Morgan fingerprint density at radius 3 is 2.62 bits per heavy atom. The van der Waals surface area contributed by atoms with Gasteiger partial charge in [0.05, 0.1) is 0 Å². The third-order valence-corrected chi connectivity index (χ3v) is 3.57. The van der Waals surface area contributed by atoms with Crippen molar-refractivity contribution in [2.75, 3.05) is 5.73 Å². The number of hydrogen-bond acceptors (Lipinski definition) is 6. The molecule has 1 aromatic rings. The summed E-state index contributed by atoms with van der Waals surface area (Å²) >= 11 is 1.41. The number of carbonyl (C=O) groups excluding carboxylic acids is 1. The van der Waals surface area contributed by atoms with Crippen LogP contribution in [0.1, 0.15) is 13.8 Å². The number of rotatable bonds is 4. The number of nitrogens with two attached hydrogens (primary N) is 2. The van der Waals surface area contributed by atoms with Gasteiger partial charge in [0.25, 0.3) is 0 Å². The molecule has 0 aliphatic heterocycles. The van der Waals surface area contributed by atoms with Crippen molar-refractivity contribution in [3.05, 3.63) is 12.4 Å². The number of amides is 1. The summed E-state index contributed by atoms with van der Waals surface area (Å²) in [6, 6.07) is 0. The highest BCUT2D eigenvalue weighted by Gasteiger charge is 2.21. The monoisotopic (exact) mass is 241 g/mol. The molecule has 0 aliphatic rings. The lowest BCUT2D eigenvalue weighted by Gasteiger charge is -2.17. The molecule has 0 fully saturated rings. The molecule has 6 nitrogen and oxygen atoms in total. The van der Waals surface area contributed by atoms with Gasteiger partial charge in [-0.25, -0.2) is 15.8 Å². The second-order valence-corrected chi connectivity index (χ2v) is 4.73. The number of anilines is 1. The molecule has 0 spiro atoms. The van der Waals surface area contributed by atoms with E-state index >= 15 is 0 Å². The number of aromatic nitrogens is 2. The molecule has 2 atom stereocenters. The van der Waals surface area contributed by atoms with Gasteiger partial charge in [0.2, 0.25) is 5.91 Å². The topological polar surface area (TPSA) is 107 Å². The largest absolute Gasteiger partial charge is 0.381 e. The maximum atomic E-state index is 11.3. The van der Waals surface area contributed by atoms with Gasteiger partial charge < -0.3 is 5.73 Å². The highest BCUT2D eigenvalue weighted by Crippen LogP contribution is 2.28. The third kappa shape index (κ3) is 3.07. The van der Waals surface area contributed by atoms with Crippen molar-refractivity contribution in [3.8, 4) is 0 Å². The number of thioether (sulfide) groups is 1.